The molecule has 2 amide bonds. The summed E-state index contributed by atoms with van der Waals surface area (Å²) in [5, 5.41) is 2.14. The molecule has 1 aliphatic rings. The van der Waals surface area contributed by atoms with Crippen LogP contribution in [-0.2, 0) is 4.79 Å². The lowest BCUT2D eigenvalue weighted by Gasteiger charge is -2.35. The number of benzene rings is 1. The van der Waals surface area contributed by atoms with Crippen molar-refractivity contribution < 1.29 is 31.5 Å². The molecule has 2 radical (unpaired) electrons. The Morgan fingerprint density at radius 1 is 1.25 bits per heavy atom. The van der Waals surface area contributed by atoms with Crippen LogP contribution in [0.1, 0.15) is 21.8 Å². The molecule has 0 saturated heterocycles. The van der Waals surface area contributed by atoms with Crippen LogP contribution in [0.4, 0.5) is 27.9 Å². The Hall–Kier alpha value is -3.05. The van der Waals surface area contributed by atoms with E-state index in [1.54, 1.807) is 0 Å². The van der Waals surface area contributed by atoms with Crippen LogP contribution in [0.2, 0.25) is 0 Å². The van der Waals surface area contributed by atoms with Crippen molar-refractivity contribution in [2.24, 2.45) is 0 Å². The van der Waals surface area contributed by atoms with E-state index in [-0.39, 0.29) is 5.95 Å². The molecule has 12 heteroatoms. The molecule has 0 fully saturated rings. The zero-order valence-corrected chi connectivity index (χ0v) is 13.9. The fourth-order valence-electron chi connectivity index (χ4n) is 2.82. The van der Waals surface area contributed by atoms with E-state index in [0.29, 0.717) is 4.90 Å². The van der Waals surface area contributed by atoms with Crippen molar-refractivity contribution in [3.8, 4) is 0 Å². The van der Waals surface area contributed by atoms with Crippen LogP contribution >= 0.6 is 0 Å². The van der Waals surface area contributed by atoms with E-state index in [1.165, 1.54) is 0 Å². The first-order chi connectivity index (χ1) is 13.1. The fraction of sp³-hybridized carbons (Fsp3) is 0.250. The summed E-state index contributed by atoms with van der Waals surface area (Å²) < 4.78 is 67.4. The number of hydrogen-bond donors (Lipinski definition) is 1. The fourth-order valence-corrected chi connectivity index (χ4v) is 2.82. The van der Waals surface area contributed by atoms with Crippen LogP contribution in [0.25, 0.3) is 0 Å². The third kappa shape index (κ3) is 3.80. The van der Waals surface area contributed by atoms with Crippen molar-refractivity contribution in [1.82, 2.24) is 14.9 Å². The van der Waals surface area contributed by atoms with Crippen molar-refractivity contribution in [3.05, 3.63) is 47.3 Å². The van der Waals surface area contributed by atoms with E-state index >= 15 is 0 Å². The first-order valence-corrected chi connectivity index (χ1v) is 7.79. The Kier molecular flexibility index (Phi) is 5.05. The molecule has 1 atom stereocenters. The minimum atomic E-state index is -4.88. The molecule has 28 heavy (non-hydrogen) atoms. The molecule has 0 saturated carbocycles. The molecule has 0 bridgehead atoms. The highest BCUT2D eigenvalue weighted by Crippen LogP contribution is 2.41. The van der Waals surface area contributed by atoms with Gasteiger partial charge in [0.15, 0.2) is 5.82 Å². The van der Waals surface area contributed by atoms with Gasteiger partial charge in [-0.1, -0.05) is 11.5 Å². The number of anilines is 1. The van der Waals surface area contributed by atoms with E-state index in [9.17, 15) is 31.5 Å². The third-order valence-electron chi connectivity index (χ3n) is 4.08. The Balaban J connectivity index is 1.86. The Labute approximate surface area is 156 Å². The summed E-state index contributed by atoms with van der Waals surface area (Å²) in [5.41, 5.74) is -1.87. The van der Waals surface area contributed by atoms with Gasteiger partial charge in [-0.2, -0.15) is 13.2 Å². The van der Waals surface area contributed by atoms with Crippen molar-refractivity contribution in [2.45, 2.75) is 12.1 Å². The van der Waals surface area contributed by atoms with Gasteiger partial charge in [0.25, 0.3) is 5.91 Å². The average molecular weight is 396 g/mol. The second kappa shape index (κ2) is 7.17. The van der Waals surface area contributed by atoms with Gasteiger partial charge in [-0.05, 0) is 6.07 Å². The van der Waals surface area contributed by atoms with Crippen LogP contribution in [0.5, 0.6) is 0 Å². The molecule has 0 aliphatic carbocycles. The number of amides is 2. The number of hydrogen-bond acceptors (Lipinski definition) is 4. The Morgan fingerprint density at radius 3 is 2.50 bits per heavy atom. The van der Waals surface area contributed by atoms with Gasteiger partial charge in [0.1, 0.15) is 26.1 Å². The normalized spacial score (nSPS) is 16.7. The van der Waals surface area contributed by atoms with Crippen LogP contribution in [-0.4, -0.2) is 53.8 Å². The summed E-state index contributed by atoms with van der Waals surface area (Å²) in [6.45, 7) is -1.73. The largest absolute Gasteiger partial charge is 0.397 e. The minimum Gasteiger partial charge on any atom is -0.328 e. The van der Waals surface area contributed by atoms with E-state index in [1.807, 2.05) is 0 Å². The highest BCUT2D eigenvalue weighted by molar-refractivity contribution is 6.32. The van der Waals surface area contributed by atoms with Crippen molar-refractivity contribution in [2.75, 3.05) is 18.4 Å². The lowest BCUT2D eigenvalue weighted by atomic mass is 9.82. The molecule has 1 unspecified atom stereocenters. The highest BCUT2D eigenvalue weighted by Gasteiger charge is 2.48. The number of carbonyl (C=O) groups excluding carboxylic acids is 2. The molecular formula is C16H10BF5N4O2. The quantitative estimate of drug-likeness (QED) is 0.627. The van der Waals surface area contributed by atoms with Gasteiger partial charge < -0.3 is 4.90 Å². The molecule has 144 valence electrons. The SMILES string of the molecule is [B]c1ccc2c(c1F)C(C(F)(F)F)CN(CC(=O)Nc1ncc(F)cn1)C2=O. The van der Waals surface area contributed by atoms with Gasteiger partial charge in [0.2, 0.25) is 11.9 Å². The highest BCUT2D eigenvalue weighted by atomic mass is 19.4. The van der Waals surface area contributed by atoms with Gasteiger partial charge in [-0.15, -0.1) is 0 Å². The van der Waals surface area contributed by atoms with E-state index in [4.69, 9.17) is 7.85 Å². The van der Waals surface area contributed by atoms with Crippen LogP contribution < -0.4 is 10.8 Å². The second-order valence-electron chi connectivity index (χ2n) is 5.98. The summed E-state index contributed by atoms with van der Waals surface area (Å²) in [6, 6.07) is 1.97. The van der Waals surface area contributed by atoms with Crippen molar-refractivity contribution in [3.63, 3.8) is 0 Å². The average Bonchev–Trinajstić information content (AvgIpc) is 2.61. The number of nitrogens with zero attached hydrogens (tertiary/aromatic N) is 3. The third-order valence-corrected chi connectivity index (χ3v) is 4.08. The van der Waals surface area contributed by atoms with Gasteiger partial charge in [0, 0.05) is 17.7 Å². The standard InChI is InChI=1S/C16H10BF5N4O2/c17-10-2-1-8-12(13(10)19)9(16(20,21)22)5-26(14(8)28)6-11(27)25-15-23-3-7(18)4-24-15/h1-4,9H,5-6H2,(H,23,24,25,27). The maximum Gasteiger partial charge on any atom is 0.397 e. The molecule has 6 nitrogen and oxygen atoms in total. The minimum absolute atomic E-state index is 0.289. The maximum absolute atomic E-state index is 14.2. The predicted octanol–water partition coefficient (Wildman–Crippen LogP) is 1.29. The number of carbonyl (C=O) groups is 2. The smallest absolute Gasteiger partial charge is 0.328 e. The lowest BCUT2D eigenvalue weighted by molar-refractivity contribution is -0.155. The molecule has 1 N–H and O–H groups in total. The van der Waals surface area contributed by atoms with E-state index in [2.05, 4.69) is 15.3 Å². The summed E-state index contributed by atoms with van der Waals surface area (Å²) in [7, 11) is 5.33. The van der Waals surface area contributed by atoms with Crippen molar-refractivity contribution in [1.29, 1.82) is 0 Å². The number of rotatable bonds is 3. The number of nitrogens with one attached hydrogen (secondary N) is 1. The number of halogens is 5. The first kappa shape index (κ1) is 19.7. The summed E-state index contributed by atoms with van der Waals surface area (Å²) in [4.78, 5) is 32.1. The van der Waals surface area contributed by atoms with Crippen molar-refractivity contribution >= 4 is 31.1 Å². The summed E-state index contributed by atoms with van der Waals surface area (Å²) in [5.74, 6) is -6.56. The maximum atomic E-state index is 14.2. The predicted molar refractivity (Wildman–Crippen MR) is 87.1 cm³/mol. The van der Waals surface area contributed by atoms with Crippen LogP contribution in [0.3, 0.4) is 0 Å². The monoisotopic (exact) mass is 396 g/mol. The van der Waals surface area contributed by atoms with Gasteiger partial charge in [-0.25, -0.2) is 18.7 Å². The molecule has 1 aromatic carbocycles. The molecule has 2 heterocycles. The number of alkyl halides is 3. The number of aromatic nitrogens is 2. The molecule has 1 aromatic heterocycles. The zero-order valence-electron chi connectivity index (χ0n) is 13.9. The molecule has 3 rings (SSSR count). The Morgan fingerprint density at radius 2 is 1.89 bits per heavy atom. The topological polar surface area (TPSA) is 75.2 Å². The molecule has 1 aliphatic heterocycles. The number of fused-ring (bicyclic) bond motifs is 1. The van der Waals surface area contributed by atoms with E-state index in [0.717, 1.165) is 24.5 Å². The van der Waals surface area contributed by atoms with Crippen LogP contribution in [0.15, 0.2) is 24.5 Å². The van der Waals surface area contributed by atoms with E-state index < -0.39 is 65.2 Å². The summed E-state index contributed by atoms with van der Waals surface area (Å²) in [6.07, 6.45) is -3.32. The van der Waals surface area contributed by atoms with Crippen LogP contribution in [0, 0.1) is 11.6 Å². The molecule has 2 aromatic rings. The zero-order chi connectivity index (χ0) is 20.6. The van der Waals surface area contributed by atoms with Gasteiger partial charge in [-0.3, -0.25) is 14.9 Å². The summed E-state index contributed by atoms with van der Waals surface area (Å²) >= 11 is 0. The lowest BCUT2D eigenvalue weighted by Crippen LogP contribution is -2.48. The Bertz CT molecular complexity index is 936. The molecular weight excluding hydrogens is 386 g/mol. The second-order valence-corrected chi connectivity index (χ2v) is 5.98. The van der Waals surface area contributed by atoms with Gasteiger partial charge >= 0.3 is 6.18 Å². The molecule has 0 spiro atoms. The van der Waals surface area contributed by atoms with Gasteiger partial charge in [0.05, 0.1) is 12.4 Å². The first-order valence-electron chi connectivity index (χ1n) is 7.79.